The van der Waals surface area contributed by atoms with E-state index in [1.54, 1.807) is 6.20 Å². The van der Waals surface area contributed by atoms with Crippen LogP contribution in [0.15, 0.2) is 18.5 Å². The Morgan fingerprint density at radius 3 is 2.91 bits per heavy atom. The predicted molar refractivity (Wildman–Crippen MR) is 85.3 cm³/mol. The topological polar surface area (TPSA) is 57.7 Å². The first-order valence-electron chi connectivity index (χ1n) is 8.01. The highest BCUT2D eigenvalue weighted by Crippen LogP contribution is 2.17. The molecule has 2 saturated heterocycles. The van der Waals surface area contributed by atoms with E-state index in [2.05, 4.69) is 27.1 Å². The lowest BCUT2D eigenvalue weighted by molar-refractivity contribution is 0.0857. The predicted octanol–water partition coefficient (Wildman–Crippen LogP) is 0.742. The molecule has 0 aliphatic carbocycles. The SMILES string of the molecule is CN1CCN(c2cncc(C(=O)NCC3CCCO3)c2)CC1. The van der Waals surface area contributed by atoms with Gasteiger partial charge in [-0.3, -0.25) is 9.78 Å². The Morgan fingerprint density at radius 2 is 2.18 bits per heavy atom. The van der Waals surface area contributed by atoms with Crippen molar-refractivity contribution in [1.29, 1.82) is 0 Å². The number of likely N-dealkylation sites (N-methyl/N-ethyl adjacent to an activating group) is 1. The summed E-state index contributed by atoms with van der Waals surface area (Å²) in [4.78, 5) is 21.1. The van der Waals surface area contributed by atoms with E-state index in [0.29, 0.717) is 12.1 Å². The van der Waals surface area contributed by atoms with Crippen molar-refractivity contribution in [2.24, 2.45) is 0 Å². The molecule has 0 bridgehead atoms. The van der Waals surface area contributed by atoms with Crippen LogP contribution in [0.1, 0.15) is 23.2 Å². The van der Waals surface area contributed by atoms with E-state index in [1.165, 1.54) is 0 Å². The zero-order chi connectivity index (χ0) is 15.4. The van der Waals surface area contributed by atoms with E-state index >= 15 is 0 Å². The fourth-order valence-corrected chi connectivity index (χ4v) is 2.90. The summed E-state index contributed by atoms with van der Waals surface area (Å²) in [5, 5.41) is 2.95. The molecule has 2 fully saturated rings. The molecule has 1 N–H and O–H groups in total. The lowest BCUT2D eigenvalue weighted by atomic mass is 10.2. The molecule has 0 aromatic carbocycles. The molecular formula is C16H24N4O2. The van der Waals surface area contributed by atoms with Crippen molar-refractivity contribution in [3.63, 3.8) is 0 Å². The third kappa shape index (κ3) is 3.75. The molecule has 0 saturated carbocycles. The number of anilines is 1. The van der Waals surface area contributed by atoms with Gasteiger partial charge in [0, 0.05) is 45.5 Å². The third-order valence-corrected chi connectivity index (χ3v) is 4.37. The van der Waals surface area contributed by atoms with Crippen LogP contribution in [0, 0.1) is 0 Å². The second-order valence-electron chi connectivity index (χ2n) is 6.07. The number of carbonyl (C=O) groups is 1. The summed E-state index contributed by atoms with van der Waals surface area (Å²) >= 11 is 0. The molecule has 120 valence electrons. The number of aromatic nitrogens is 1. The summed E-state index contributed by atoms with van der Waals surface area (Å²) in [6.07, 6.45) is 5.74. The zero-order valence-corrected chi connectivity index (χ0v) is 13.1. The molecule has 0 spiro atoms. The molecule has 3 rings (SSSR count). The van der Waals surface area contributed by atoms with Gasteiger partial charge in [0.25, 0.3) is 5.91 Å². The summed E-state index contributed by atoms with van der Waals surface area (Å²) in [6.45, 7) is 5.40. The van der Waals surface area contributed by atoms with Crippen LogP contribution in [0.25, 0.3) is 0 Å². The zero-order valence-electron chi connectivity index (χ0n) is 13.1. The molecule has 0 radical (unpaired) electrons. The molecule has 2 aliphatic heterocycles. The van der Waals surface area contributed by atoms with Crippen molar-refractivity contribution in [2.45, 2.75) is 18.9 Å². The lowest BCUT2D eigenvalue weighted by Crippen LogP contribution is -2.44. The number of ether oxygens (including phenoxy) is 1. The monoisotopic (exact) mass is 304 g/mol. The first kappa shape index (κ1) is 15.2. The number of amides is 1. The van der Waals surface area contributed by atoms with Gasteiger partial charge in [-0.15, -0.1) is 0 Å². The Kier molecular flexibility index (Phi) is 4.90. The molecule has 1 aromatic heterocycles. The van der Waals surface area contributed by atoms with Crippen molar-refractivity contribution < 1.29 is 9.53 Å². The van der Waals surface area contributed by atoms with E-state index in [-0.39, 0.29) is 12.0 Å². The van der Waals surface area contributed by atoms with Gasteiger partial charge in [0.1, 0.15) is 0 Å². The average molecular weight is 304 g/mol. The van der Waals surface area contributed by atoms with Crippen LogP contribution in [-0.2, 0) is 4.74 Å². The standard InChI is InChI=1S/C16H24N4O2/c1-19-4-6-20(7-5-19)14-9-13(10-17-11-14)16(21)18-12-15-3-2-8-22-15/h9-11,15H,2-8,12H2,1H3,(H,18,21). The quantitative estimate of drug-likeness (QED) is 0.889. The first-order valence-corrected chi connectivity index (χ1v) is 8.01. The number of pyridine rings is 1. The van der Waals surface area contributed by atoms with Gasteiger partial charge in [-0.1, -0.05) is 0 Å². The molecule has 2 aliphatic rings. The van der Waals surface area contributed by atoms with Crippen LogP contribution < -0.4 is 10.2 Å². The highest BCUT2D eigenvalue weighted by molar-refractivity contribution is 5.94. The van der Waals surface area contributed by atoms with Crippen LogP contribution >= 0.6 is 0 Å². The first-order chi connectivity index (χ1) is 10.7. The van der Waals surface area contributed by atoms with Crippen molar-refractivity contribution in [1.82, 2.24) is 15.2 Å². The van der Waals surface area contributed by atoms with Gasteiger partial charge < -0.3 is 19.9 Å². The smallest absolute Gasteiger partial charge is 0.253 e. The van der Waals surface area contributed by atoms with E-state index in [0.717, 1.165) is 51.3 Å². The highest BCUT2D eigenvalue weighted by Gasteiger charge is 2.18. The van der Waals surface area contributed by atoms with E-state index in [1.807, 2.05) is 12.3 Å². The molecule has 1 amide bonds. The molecule has 3 heterocycles. The second kappa shape index (κ2) is 7.07. The average Bonchev–Trinajstić information content (AvgIpc) is 3.07. The maximum atomic E-state index is 12.3. The maximum Gasteiger partial charge on any atom is 0.253 e. The fourth-order valence-electron chi connectivity index (χ4n) is 2.90. The number of carbonyl (C=O) groups excluding carboxylic acids is 1. The second-order valence-corrected chi connectivity index (χ2v) is 6.07. The molecule has 1 atom stereocenters. The van der Waals surface area contributed by atoms with Crippen LogP contribution in [-0.4, -0.2) is 68.3 Å². The summed E-state index contributed by atoms with van der Waals surface area (Å²) in [5.41, 5.74) is 1.65. The number of hydrogen-bond acceptors (Lipinski definition) is 5. The van der Waals surface area contributed by atoms with Gasteiger partial charge in [-0.05, 0) is 26.0 Å². The number of hydrogen-bond donors (Lipinski definition) is 1. The van der Waals surface area contributed by atoms with Crippen molar-refractivity contribution >= 4 is 11.6 Å². The van der Waals surface area contributed by atoms with Crippen LogP contribution in [0.4, 0.5) is 5.69 Å². The van der Waals surface area contributed by atoms with Gasteiger partial charge in [0.2, 0.25) is 0 Å². The lowest BCUT2D eigenvalue weighted by Gasteiger charge is -2.33. The van der Waals surface area contributed by atoms with Crippen LogP contribution in [0.5, 0.6) is 0 Å². The number of nitrogens with zero attached hydrogens (tertiary/aromatic N) is 3. The summed E-state index contributed by atoms with van der Waals surface area (Å²) in [5.74, 6) is -0.0704. The fraction of sp³-hybridized carbons (Fsp3) is 0.625. The minimum Gasteiger partial charge on any atom is -0.376 e. The Morgan fingerprint density at radius 1 is 1.36 bits per heavy atom. The Hall–Kier alpha value is -1.66. The number of rotatable bonds is 4. The number of piperazine rings is 1. The van der Waals surface area contributed by atoms with E-state index in [4.69, 9.17) is 4.74 Å². The normalized spacial score (nSPS) is 22.8. The van der Waals surface area contributed by atoms with Crippen molar-refractivity contribution in [3.8, 4) is 0 Å². The van der Waals surface area contributed by atoms with Gasteiger partial charge in [0.05, 0.1) is 23.6 Å². The summed E-state index contributed by atoms with van der Waals surface area (Å²) in [7, 11) is 2.13. The molecule has 22 heavy (non-hydrogen) atoms. The van der Waals surface area contributed by atoms with Crippen molar-refractivity contribution in [3.05, 3.63) is 24.0 Å². The van der Waals surface area contributed by atoms with Crippen LogP contribution in [0.2, 0.25) is 0 Å². The minimum atomic E-state index is -0.0704. The van der Waals surface area contributed by atoms with Gasteiger partial charge in [-0.2, -0.15) is 0 Å². The maximum absolute atomic E-state index is 12.3. The van der Waals surface area contributed by atoms with Gasteiger partial charge in [0.15, 0.2) is 0 Å². The van der Waals surface area contributed by atoms with Crippen LogP contribution in [0.3, 0.4) is 0 Å². The van der Waals surface area contributed by atoms with Gasteiger partial charge in [-0.25, -0.2) is 0 Å². The summed E-state index contributed by atoms with van der Waals surface area (Å²) in [6, 6.07) is 1.93. The Balaban J connectivity index is 1.59. The Labute approximate surface area is 131 Å². The highest BCUT2D eigenvalue weighted by atomic mass is 16.5. The largest absolute Gasteiger partial charge is 0.376 e. The molecule has 6 nitrogen and oxygen atoms in total. The summed E-state index contributed by atoms with van der Waals surface area (Å²) < 4.78 is 5.52. The van der Waals surface area contributed by atoms with Gasteiger partial charge >= 0.3 is 0 Å². The molecule has 6 heteroatoms. The minimum absolute atomic E-state index is 0.0704. The van der Waals surface area contributed by atoms with E-state index in [9.17, 15) is 4.79 Å². The number of nitrogens with one attached hydrogen (secondary N) is 1. The third-order valence-electron chi connectivity index (χ3n) is 4.37. The van der Waals surface area contributed by atoms with Crippen molar-refractivity contribution in [2.75, 3.05) is 51.3 Å². The molecule has 1 unspecified atom stereocenters. The van der Waals surface area contributed by atoms with E-state index < -0.39 is 0 Å². The molecule has 1 aromatic rings. The Bertz CT molecular complexity index is 509. The molecular weight excluding hydrogens is 280 g/mol.